The summed E-state index contributed by atoms with van der Waals surface area (Å²) in [6.07, 6.45) is 21.5. The molecule has 2 unspecified atom stereocenters. The van der Waals surface area contributed by atoms with E-state index in [-0.39, 0.29) is 5.60 Å². The van der Waals surface area contributed by atoms with E-state index in [1.807, 2.05) is 0 Å². The minimum Gasteiger partial charge on any atom is -0.376 e. The van der Waals surface area contributed by atoms with Crippen molar-refractivity contribution in [2.75, 3.05) is 18.6 Å². The molecule has 0 amide bonds. The predicted octanol–water partition coefficient (Wildman–Crippen LogP) is 13.8. The van der Waals surface area contributed by atoms with Crippen LogP contribution in [-0.4, -0.2) is 24.2 Å². The van der Waals surface area contributed by atoms with Gasteiger partial charge in [-0.05, 0) is 126 Å². The van der Waals surface area contributed by atoms with Crippen molar-refractivity contribution in [2.24, 2.45) is 11.8 Å². The van der Waals surface area contributed by atoms with Gasteiger partial charge in [-0.15, -0.1) is 0 Å². The minimum absolute atomic E-state index is 0.0531. The SMILES string of the molecule is CC(C)(C)OCCCCCCS(C)(C1c2ccccc2-c2ccc(CC3CCCC3)cc21)C1c2ccccc2-c2ccc(CC3CCCC3)cc21. The smallest absolute Gasteiger partial charge is 0.0598 e. The van der Waals surface area contributed by atoms with Crippen LogP contribution in [0.5, 0.6) is 0 Å². The van der Waals surface area contributed by atoms with E-state index in [9.17, 15) is 0 Å². The summed E-state index contributed by atoms with van der Waals surface area (Å²) in [5.41, 5.74) is 15.5. The van der Waals surface area contributed by atoms with Crippen LogP contribution in [-0.2, 0) is 17.6 Å². The Bertz CT molecular complexity index is 1700. The van der Waals surface area contributed by atoms with Crippen LogP contribution in [0.4, 0.5) is 0 Å². The maximum absolute atomic E-state index is 6.12. The highest BCUT2D eigenvalue weighted by molar-refractivity contribution is 8.33. The van der Waals surface area contributed by atoms with E-state index < -0.39 is 10.0 Å². The van der Waals surface area contributed by atoms with E-state index in [0.717, 1.165) is 24.9 Å². The van der Waals surface area contributed by atoms with E-state index >= 15 is 0 Å². The van der Waals surface area contributed by atoms with Gasteiger partial charge in [-0.1, -0.05) is 149 Å². The number of fused-ring (bicyclic) bond motifs is 6. The summed E-state index contributed by atoms with van der Waals surface area (Å²) in [5, 5.41) is 0.887. The first-order valence-corrected chi connectivity index (χ1v) is 22.9. The fraction of sp³-hybridized carbons (Fsp3) is 0.510. The van der Waals surface area contributed by atoms with Crippen molar-refractivity contribution in [3.8, 4) is 22.3 Å². The molecule has 2 saturated carbocycles. The standard InChI is InChI=1S/C49H62OS/c1-49(2,3)50-29-15-5-6-16-30-51(4,47-43-23-13-11-21-39(43)41-27-25-37(33-45(41)47)31-35-17-7-8-18-35)48-44-24-14-12-22-40(44)42-28-26-38(34-46(42)48)32-36-19-9-10-20-36/h11-14,21-28,33-36,47-48H,5-10,15-20,29-32H2,1-4H3. The van der Waals surface area contributed by atoms with Crippen LogP contribution in [0.15, 0.2) is 84.9 Å². The number of ether oxygens (including phenoxy) is 1. The molecule has 4 aliphatic rings. The first kappa shape index (κ1) is 35.2. The quantitative estimate of drug-likeness (QED) is 0.126. The van der Waals surface area contributed by atoms with E-state index in [1.54, 1.807) is 33.4 Å². The lowest BCUT2D eigenvalue weighted by molar-refractivity contribution is -0.00470. The maximum Gasteiger partial charge on any atom is 0.0598 e. The Morgan fingerprint density at radius 1 is 0.549 bits per heavy atom. The molecule has 0 heterocycles. The lowest BCUT2D eigenvalue weighted by Crippen LogP contribution is -2.21. The Balaban J connectivity index is 1.20. The highest BCUT2D eigenvalue weighted by Gasteiger charge is 2.47. The molecule has 0 aliphatic heterocycles. The van der Waals surface area contributed by atoms with Crippen LogP contribution in [0.3, 0.4) is 0 Å². The monoisotopic (exact) mass is 698 g/mol. The number of hydrogen-bond acceptors (Lipinski definition) is 1. The van der Waals surface area contributed by atoms with Gasteiger partial charge in [0.15, 0.2) is 0 Å². The molecule has 0 spiro atoms. The van der Waals surface area contributed by atoms with E-state index in [1.165, 1.54) is 111 Å². The molecule has 0 saturated heterocycles. The summed E-state index contributed by atoms with van der Waals surface area (Å²) in [4.78, 5) is 0. The summed E-state index contributed by atoms with van der Waals surface area (Å²) in [7, 11) is -1.28. The summed E-state index contributed by atoms with van der Waals surface area (Å²) >= 11 is 0. The number of benzene rings is 4. The fourth-order valence-electron chi connectivity index (χ4n) is 10.6. The van der Waals surface area contributed by atoms with E-state index in [4.69, 9.17) is 4.74 Å². The zero-order valence-corrected chi connectivity index (χ0v) is 32.8. The van der Waals surface area contributed by atoms with Gasteiger partial charge < -0.3 is 4.74 Å². The van der Waals surface area contributed by atoms with Gasteiger partial charge in [-0.25, -0.2) is 10.0 Å². The molecule has 4 aromatic rings. The second-order valence-corrected chi connectivity index (χ2v) is 21.6. The molecular formula is C49H62OS. The molecule has 0 bridgehead atoms. The summed E-state index contributed by atoms with van der Waals surface area (Å²) in [6, 6.07) is 34.5. The van der Waals surface area contributed by atoms with Gasteiger partial charge in [-0.3, -0.25) is 0 Å². The normalized spacial score (nSPS) is 21.6. The Hall–Kier alpha value is -2.81. The van der Waals surface area contributed by atoms with Crippen molar-refractivity contribution in [1.82, 2.24) is 0 Å². The highest BCUT2D eigenvalue weighted by Crippen LogP contribution is 2.76. The predicted molar refractivity (Wildman–Crippen MR) is 221 cm³/mol. The molecule has 2 heteroatoms. The number of hydrogen-bond donors (Lipinski definition) is 0. The number of unbranched alkanes of at least 4 members (excludes halogenated alkanes) is 3. The largest absolute Gasteiger partial charge is 0.376 e. The molecule has 0 radical (unpaired) electrons. The Morgan fingerprint density at radius 3 is 1.49 bits per heavy atom. The van der Waals surface area contributed by atoms with Gasteiger partial charge in [0.2, 0.25) is 0 Å². The third kappa shape index (κ3) is 7.26. The Morgan fingerprint density at radius 2 is 1.00 bits per heavy atom. The zero-order valence-electron chi connectivity index (χ0n) is 32.0. The van der Waals surface area contributed by atoms with Crippen LogP contribution in [0.25, 0.3) is 22.3 Å². The fourth-order valence-corrected chi connectivity index (χ4v) is 15.2. The lowest BCUT2D eigenvalue weighted by Gasteiger charge is -2.49. The molecule has 51 heavy (non-hydrogen) atoms. The Labute approximate surface area is 311 Å². The molecule has 2 atom stereocenters. The molecular weight excluding hydrogens is 637 g/mol. The molecule has 0 N–H and O–H groups in total. The third-order valence-corrected chi connectivity index (χ3v) is 17.3. The molecule has 4 aliphatic carbocycles. The molecule has 8 rings (SSSR count). The Kier molecular flexibility index (Phi) is 10.3. The molecule has 270 valence electrons. The molecule has 1 nitrogen and oxygen atoms in total. The van der Waals surface area contributed by atoms with Crippen LogP contribution in [0.1, 0.15) is 142 Å². The van der Waals surface area contributed by atoms with E-state index in [2.05, 4.69) is 112 Å². The summed E-state index contributed by atoms with van der Waals surface area (Å²) < 4.78 is 6.12. The van der Waals surface area contributed by atoms with Gasteiger partial charge in [-0.2, -0.15) is 0 Å². The zero-order chi connectivity index (χ0) is 35.0. The summed E-state index contributed by atoms with van der Waals surface area (Å²) in [6.45, 7) is 7.39. The second kappa shape index (κ2) is 14.9. The van der Waals surface area contributed by atoms with Crippen molar-refractivity contribution in [1.29, 1.82) is 0 Å². The first-order valence-electron chi connectivity index (χ1n) is 20.6. The van der Waals surface area contributed by atoms with Gasteiger partial charge in [0, 0.05) is 17.1 Å². The maximum atomic E-state index is 6.12. The lowest BCUT2D eigenvalue weighted by atomic mass is 9.95. The van der Waals surface area contributed by atoms with Crippen LogP contribution in [0, 0.1) is 11.8 Å². The average Bonchev–Trinajstić information content (AvgIpc) is 3.93. The van der Waals surface area contributed by atoms with Crippen molar-refractivity contribution in [2.45, 2.75) is 127 Å². The first-order chi connectivity index (χ1) is 24.8. The molecule has 2 fully saturated rings. The van der Waals surface area contributed by atoms with Crippen LogP contribution >= 0.6 is 10.0 Å². The van der Waals surface area contributed by atoms with Gasteiger partial charge in [0.25, 0.3) is 0 Å². The van der Waals surface area contributed by atoms with Gasteiger partial charge in [0.1, 0.15) is 0 Å². The second-order valence-electron chi connectivity index (χ2n) is 17.8. The third-order valence-electron chi connectivity index (χ3n) is 13.0. The van der Waals surface area contributed by atoms with Gasteiger partial charge >= 0.3 is 0 Å². The minimum atomic E-state index is -1.28. The van der Waals surface area contributed by atoms with Crippen molar-refractivity contribution < 1.29 is 4.74 Å². The molecule has 0 aromatic heterocycles. The van der Waals surface area contributed by atoms with Gasteiger partial charge in [0.05, 0.1) is 5.60 Å². The van der Waals surface area contributed by atoms with Crippen molar-refractivity contribution in [3.63, 3.8) is 0 Å². The average molecular weight is 699 g/mol. The van der Waals surface area contributed by atoms with Crippen molar-refractivity contribution >= 4 is 10.0 Å². The topological polar surface area (TPSA) is 9.23 Å². The number of rotatable bonds is 13. The van der Waals surface area contributed by atoms with Crippen molar-refractivity contribution in [3.05, 3.63) is 118 Å². The van der Waals surface area contributed by atoms with Crippen LogP contribution in [0.2, 0.25) is 0 Å². The highest BCUT2D eigenvalue weighted by atomic mass is 32.3. The van der Waals surface area contributed by atoms with Crippen LogP contribution < -0.4 is 0 Å². The van der Waals surface area contributed by atoms with E-state index in [0.29, 0.717) is 10.5 Å². The molecule has 4 aromatic carbocycles. The summed E-state index contributed by atoms with van der Waals surface area (Å²) in [5.74, 6) is 3.01.